The van der Waals surface area contributed by atoms with Crippen molar-refractivity contribution in [1.29, 1.82) is 5.26 Å². The van der Waals surface area contributed by atoms with E-state index in [1.165, 1.54) is 0 Å². The minimum atomic E-state index is -0.761. The minimum Gasteiger partial charge on any atom is -0.481 e. The second kappa shape index (κ2) is 7.02. The monoisotopic (exact) mass is 326 g/mol. The number of halogens is 2. The summed E-state index contributed by atoms with van der Waals surface area (Å²) < 4.78 is 5.38. The first-order chi connectivity index (χ1) is 10.1. The van der Waals surface area contributed by atoms with Crippen LogP contribution in [0, 0.1) is 11.3 Å². The first-order valence-electron chi connectivity index (χ1n) is 6.85. The zero-order chi connectivity index (χ0) is 15.3. The molecule has 0 aromatic heterocycles. The Hall–Kier alpha value is -1.44. The highest BCUT2D eigenvalue weighted by atomic mass is 35.5. The van der Waals surface area contributed by atoms with E-state index in [2.05, 4.69) is 11.4 Å². The molecule has 1 fully saturated rings. The molecule has 4 nitrogen and oxygen atoms in total. The van der Waals surface area contributed by atoms with E-state index in [0.29, 0.717) is 22.9 Å². The Morgan fingerprint density at radius 3 is 2.48 bits per heavy atom. The van der Waals surface area contributed by atoms with Crippen LogP contribution in [0.5, 0.6) is 5.75 Å². The van der Waals surface area contributed by atoms with Crippen molar-refractivity contribution < 1.29 is 9.53 Å². The molecule has 21 heavy (non-hydrogen) atoms. The Labute approximate surface area is 134 Å². The van der Waals surface area contributed by atoms with Crippen LogP contribution in [-0.4, -0.2) is 18.1 Å². The van der Waals surface area contributed by atoms with Gasteiger partial charge < -0.3 is 10.1 Å². The number of amides is 1. The lowest BCUT2D eigenvalue weighted by atomic mass is 9.83. The van der Waals surface area contributed by atoms with Gasteiger partial charge in [0.15, 0.2) is 12.4 Å². The summed E-state index contributed by atoms with van der Waals surface area (Å²) >= 11 is 11.9. The number of rotatable bonds is 4. The van der Waals surface area contributed by atoms with Gasteiger partial charge in [-0.25, -0.2) is 0 Å². The van der Waals surface area contributed by atoms with E-state index in [4.69, 9.17) is 27.9 Å². The van der Waals surface area contributed by atoms with Crippen LogP contribution < -0.4 is 10.1 Å². The maximum absolute atomic E-state index is 12.0. The standard InChI is InChI=1S/C15H16Cl2N2O2/c16-11-5-4-6-12(17)14(11)21-9-13(20)19-15(10-18)7-2-1-3-8-15/h4-6H,1-3,7-9H2,(H,19,20). The highest BCUT2D eigenvalue weighted by Crippen LogP contribution is 2.32. The Kier molecular flexibility index (Phi) is 5.33. The van der Waals surface area contributed by atoms with Gasteiger partial charge in [0, 0.05) is 0 Å². The van der Waals surface area contributed by atoms with Gasteiger partial charge in [-0.2, -0.15) is 5.26 Å². The second-order valence-corrected chi connectivity index (χ2v) is 5.96. The molecule has 1 aliphatic rings. The lowest BCUT2D eigenvalue weighted by Crippen LogP contribution is -2.50. The molecule has 1 aromatic rings. The average Bonchev–Trinajstić information content (AvgIpc) is 2.47. The van der Waals surface area contributed by atoms with Gasteiger partial charge in [0.2, 0.25) is 0 Å². The Morgan fingerprint density at radius 2 is 1.90 bits per heavy atom. The van der Waals surface area contributed by atoms with E-state index in [0.717, 1.165) is 19.3 Å². The molecule has 0 unspecified atom stereocenters. The molecule has 0 radical (unpaired) electrons. The molecular weight excluding hydrogens is 311 g/mol. The number of ether oxygens (including phenoxy) is 1. The number of nitrogens with zero attached hydrogens (tertiary/aromatic N) is 1. The smallest absolute Gasteiger partial charge is 0.259 e. The van der Waals surface area contributed by atoms with E-state index in [1.807, 2.05) is 0 Å². The summed E-state index contributed by atoms with van der Waals surface area (Å²) in [5, 5.41) is 12.8. The molecule has 1 N–H and O–H groups in total. The fraction of sp³-hybridized carbons (Fsp3) is 0.467. The predicted molar refractivity (Wildman–Crippen MR) is 81.5 cm³/mol. The summed E-state index contributed by atoms with van der Waals surface area (Å²) in [5.41, 5.74) is -0.761. The summed E-state index contributed by atoms with van der Waals surface area (Å²) in [5.74, 6) is -0.0555. The van der Waals surface area contributed by atoms with Crippen LogP contribution in [0.1, 0.15) is 32.1 Å². The third kappa shape index (κ3) is 4.03. The highest BCUT2D eigenvalue weighted by molar-refractivity contribution is 6.37. The van der Waals surface area contributed by atoms with Crippen LogP contribution >= 0.6 is 23.2 Å². The summed E-state index contributed by atoms with van der Waals surface area (Å²) in [6, 6.07) is 7.20. The van der Waals surface area contributed by atoms with Crippen molar-refractivity contribution in [2.45, 2.75) is 37.6 Å². The molecule has 1 amide bonds. The topological polar surface area (TPSA) is 62.1 Å². The fourth-order valence-electron chi connectivity index (χ4n) is 2.48. The number of hydrogen-bond donors (Lipinski definition) is 1. The second-order valence-electron chi connectivity index (χ2n) is 5.14. The van der Waals surface area contributed by atoms with Gasteiger partial charge in [0.25, 0.3) is 5.91 Å². The van der Waals surface area contributed by atoms with Crippen molar-refractivity contribution in [3.05, 3.63) is 28.2 Å². The molecule has 1 aromatic carbocycles. The van der Waals surface area contributed by atoms with Gasteiger partial charge in [0.05, 0.1) is 16.1 Å². The van der Waals surface area contributed by atoms with Crippen LogP contribution in [0.15, 0.2) is 18.2 Å². The average molecular weight is 327 g/mol. The van der Waals surface area contributed by atoms with Crippen LogP contribution in [0.4, 0.5) is 0 Å². The maximum Gasteiger partial charge on any atom is 0.259 e. The van der Waals surface area contributed by atoms with Crippen molar-refractivity contribution in [3.63, 3.8) is 0 Å². The number of para-hydroxylation sites is 1. The van der Waals surface area contributed by atoms with Gasteiger partial charge >= 0.3 is 0 Å². The summed E-state index contributed by atoms with van der Waals surface area (Å²) in [6.45, 7) is -0.215. The molecular formula is C15H16Cl2N2O2. The van der Waals surface area contributed by atoms with E-state index >= 15 is 0 Å². The SMILES string of the molecule is N#CC1(NC(=O)COc2c(Cl)cccc2Cl)CCCCC1. The third-order valence-electron chi connectivity index (χ3n) is 3.57. The van der Waals surface area contributed by atoms with Crippen molar-refractivity contribution in [1.82, 2.24) is 5.32 Å². The van der Waals surface area contributed by atoms with Crippen molar-refractivity contribution in [2.75, 3.05) is 6.61 Å². The largest absolute Gasteiger partial charge is 0.481 e. The van der Waals surface area contributed by atoms with Gasteiger partial charge in [-0.05, 0) is 25.0 Å². The normalized spacial score (nSPS) is 16.8. The minimum absolute atomic E-state index is 0.215. The van der Waals surface area contributed by atoms with Crippen LogP contribution in [0.25, 0.3) is 0 Å². The van der Waals surface area contributed by atoms with Crippen molar-refractivity contribution >= 4 is 29.1 Å². The molecule has 0 heterocycles. The van der Waals surface area contributed by atoms with E-state index in [9.17, 15) is 10.1 Å². The zero-order valence-corrected chi connectivity index (χ0v) is 13.0. The van der Waals surface area contributed by atoms with E-state index in [1.54, 1.807) is 18.2 Å². The van der Waals surface area contributed by atoms with Gasteiger partial charge in [-0.1, -0.05) is 48.5 Å². The van der Waals surface area contributed by atoms with Gasteiger partial charge in [0.1, 0.15) is 5.54 Å². The molecule has 0 spiro atoms. The maximum atomic E-state index is 12.0. The number of hydrogen-bond acceptors (Lipinski definition) is 3. The van der Waals surface area contributed by atoms with Crippen LogP contribution in [0.3, 0.4) is 0 Å². The molecule has 1 saturated carbocycles. The molecule has 0 bridgehead atoms. The Morgan fingerprint density at radius 1 is 1.29 bits per heavy atom. The lowest BCUT2D eigenvalue weighted by molar-refractivity contribution is -0.124. The number of nitrogens with one attached hydrogen (secondary N) is 1. The summed E-state index contributed by atoms with van der Waals surface area (Å²) in [6.07, 6.45) is 4.37. The number of benzene rings is 1. The molecule has 0 aliphatic heterocycles. The Balaban J connectivity index is 1.94. The predicted octanol–water partition coefficient (Wildman–Crippen LogP) is 3.71. The lowest BCUT2D eigenvalue weighted by Gasteiger charge is -2.31. The van der Waals surface area contributed by atoms with Crippen molar-refractivity contribution in [2.24, 2.45) is 0 Å². The third-order valence-corrected chi connectivity index (χ3v) is 4.16. The van der Waals surface area contributed by atoms with Gasteiger partial charge in [-0.15, -0.1) is 0 Å². The first kappa shape index (κ1) is 15.9. The Bertz CT molecular complexity index is 543. The molecule has 0 saturated heterocycles. The molecule has 112 valence electrons. The number of nitriles is 1. The van der Waals surface area contributed by atoms with Crippen LogP contribution in [0.2, 0.25) is 10.0 Å². The zero-order valence-electron chi connectivity index (χ0n) is 11.5. The summed E-state index contributed by atoms with van der Waals surface area (Å²) in [4.78, 5) is 12.0. The fourth-order valence-corrected chi connectivity index (χ4v) is 2.99. The van der Waals surface area contributed by atoms with Gasteiger partial charge in [-0.3, -0.25) is 4.79 Å². The highest BCUT2D eigenvalue weighted by Gasteiger charge is 2.33. The van der Waals surface area contributed by atoms with Crippen LogP contribution in [-0.2, 0) is 4.79 Å². The number of carbonyl (C=O) groups is 1. The van der Waals surface area contributed by atoms with E-state index < -0.39 is 5.54 Å². The molecule has 1 aliphatic carbocycles. The number of carbonyl (C=O) groups excluding carboxylic acids is 1. The molecule has 0 atom stereocenters. The quantitative estimate of drug-likeness (QED) is 0.917. The molecule has 6 heteroatoms. The summed E-state index contributed by atoms with van der Waals surface area (Å²) in [7, 11) is 0. The molecule has 2 rings (SSSR count). The van der Waals surface area contributed by atoms with E-state index in [-0.39, 0.29) is 18.3 Å². The van der Waals surface area contributed by atoms with Crippen molar-refractivity contribution in [3.8, 4) is 11.8 Å². The first-order valence-corrected chi connectivity index (χ1v) is 7.61.